The molecular formula is C23H46N2O6. The predicted molar refractivity (Wildman–Crippen MR) is 122 cm³/mol. The molecule has 0 N–H and O–H groups in total. The van der Waals surface area contributed by atoms with Crippen LogP contribution in [0.4, 0.5) is 0 Å². The smallest absolute Gasteiger partial charge is 0.307 e. The summed E-state index contributed by atoms with van der Waals surface area (Å²) in [5, 5.41) is 0. The van der Waals surface area contributed by atoms with Crippen molar-refractivity contribution in [1.29, 1.82) is 0 Å². The number of ether oxygens (including phenoxy) is 4. The Hall–Kier alpha value is -1.22. The van der Waals surface area contributed by atoms with Gasteiger partial charge in [-0.25, -0.2) is 0 Å². The van der Waals surface area contributed by atoms with Gasteiger partial charge in [-0.1, -0.05) is 13.3 Å². The van der Waals surface area contributed by atoms with E-state index in [9.17, 15) is 9.59 Å². The SMILES string of the molecule is CCCCC(=O)OCC(C)OCC(C)OCC(C)OC(=O)CCN(C)CCCN(C)C. The molecule has 0 bridgehead atoms. The molecule has 0 fully saturated rings. The van der Waals surface area contributed by atoms with Gasteiger partial charge in [-0.15, -0.1) is 0 Å². The molecule has 0 aliphatic heterocycles. The van der Waals surface area contributed by atoms with Crippen LogP contribution in [-0.4, -0.2) is 101 Å². The molecule has 3 unspecified atom stereocenters. The monoisotopic (exact) mass is 446 g/mol. The first kappa shape index (κ1) is 29.8. The highest BCUT2D eigenvalue weighted by atomic mass is 16.6. The van der Waals surface area contributed by atoms with Crippen molar-refractivity contribution in [1.82, 2.24) is 9.80 Å². The van der Waals surface area contributed by atoms with E-state index in [0.29, 0.717) is 32.6 Å². The summed E-state index contributed by atoms with van der Waals surface area (Å²) < 4.78 is 22.0. The van der Waals surface area contributed by atoms with Crippen LogP contribution in [0.5, 0.6) is 0 Å². The van der Waals surface area contributed by atoms with E-state index in [1.165, 1.54) is 0 Å². The molecule has 0 aromatic heterocycles. The molecule has 0 spiro atoms. The molecule has 8 nitrogen and oxygen atoms in total. The lowest BCUT2D eigenvalue weighted by Gasteiger charge is -2.21. The van der Waals surface area contributed by atoms with Gasteiger partial charge < -0.3 is 28.7 Å². The Balaban J connectivity index is 3.84. The van der Waals surface area contributed by atoms with Gasteiger partial charge in [-0.3, -0.25) is 9.59 Å². The second-order valence-corrected chi connectivity index (χ2v) is 8.59. The van der Waals surface area contributed by atoms with E-state index < -0.39 is 0 Å². The molecule has 0 aliphatic carbocycles. The molecule has 8 heteroatoms. The van der Waals surface area contributed by atoms with Gasteiger partial charge in [-0.05, 0) is 67.8 Å². The van der Waals surface area contributed by atoms with Crippen LogP contribution in [0.3, 0.4) is 0 Å². The van der Waals surface area contributed by atoms with E-state index in [-0.39, 0.29) is 36.9 Å². The second kappa shape index (κ2) is 18.4. The lowest BCUT2D eigenvalue weighted by molar-refractivity contribution is -0.154. The van der Waals surface area contributed by atoms with Crippen LogP contribution in [0.15, 0.2) is 0 Å². The molecule has 0 radical (unpaired) electrons. The summed E-state index contributed by atoms with van der Waals surface area (Å²) in [4.78, 5) is 27.8. The number of hydrogen-bond donors (Lipinski definition) is 0. The number of hydrogen-bond acceptors (Lipinski definition) is 8. The van der Waals surface area contributed by atoms with Crippen LogP contribution >= 0.6 is 0 Å². The Morgan fingerprint density at radius 3 is 1.97 bits per heavy atom. The number of esters is 2. The van der Waals surface area contributed by atoms with Crippen molar-refractivity contribution in [2.75, 3.05) is 60.6 Å². The zero-order valence-corrected chi connectivity index (χ0v) is 20.9. The third kappa shape index (κ3) is 19.2. The van der Waals surface area contributed by atoms with Crippen molar-refractivity contribution in [3.63, 3.8) is 0 Å². The molecule has 0 amide bonds. The second-order valence-electron chi connectivity index (χ2n) is 8.59. The van der Waals surface area contributed by atoms with E-state index in [1.807, 2.05) is 34.7 Å². The van der Waals surface area contributed by atoms with Gasteiger partial charge in [0.1, 0.15) is 12.7 Å². The van der Waals surface area contributed by atoms with Gasteiger partial charge in [0.2, 0.25) is 0 Å². The fourth-order valence-electron chi connectivity index (χ4n) is 2.67. The third-order valence-electron chi connectivity index (χ3n) is 4.62. The van der Waals surface area contributed by atoms with Gasteiger partial charge in [0.05, 0.1) is 31.8 Å². The van der Waals surface area contributed by atoms with Crippen LogP contribution < -0.4 is 0 Å². The molecule has 0 aliphatic rings. The summed E-state index contributed by atoms with van der Waals surface area (Å²) in [6, 6.07) is 0. The first-order chi connectivity index (χ1) is 14.6. The minimum atomic E-state index is -0.314. The average Bonchev–Trinajstić information content (AvgIpc) is 2.71. The maximum Gasteiger partial charge on any atom is 0.307 e. The van der Waals surface area contributed by atoms with Crippen molar-refractivity contribution in [2.45, 2.75) is 78.1 Å². The van der Waals surface area contributed by atoms with Crippen molar-refractivity contribution in [3.05, 3.63) is 0 Å². The summed E-state index contributed by atoms with van der Waals surface area (Å²) >= 11 is 0. The lowest BCUT2D eigenvalue weighted by Crippen LogP contribution is -2.29. The number of rotatable bonds is 19. The van der Waals surface area contributed by atoms with E-state index in [4.69, 9.17) is 18.9 Å². The standard InChI is InChI=1S/C23H46N2O6/c1-8-9-11-22(26)30-17-20(3)28-16-19(2)29-18-21(4)31-23(27)12-15-25(7)14-10-13-24(5)6/h19-21H,8-18H2,1-7H3. The highest BCUT2D eigenvalue weighted by Crippen LogP contribution is 2.04. The van der Waals surface area contributed by atoms with Crippen molar-refractivity contribution in [2.24, 2.45) is 0 Å². The maximum absolute atomic E-state index is 12.0. The zero-order valence-electron chi connectivity index (χ0n) is 20.9. The fraction of sp³-hybridized carbons (Fsp3) is 0.913. The van der Waals surface area contributed by atoms with E-state index >= 15 is 0 Å². The van der Waals surface area contributed by atoms with Gasteiger partial charge >= 0.3 is 11.9 Å². The predicted octanol–water partition coefficient (Wildman–Crippen LogP) is 2.74. The average molecular weight is 447 g/mol. The molecule has 0 saturated heterocycles. The highest BCUT2D eigenvalue weighted by Gasteiger charge is 2.14. The quantitative estimate of drug-likeness (QED) is 0.280. The first-order valence-electron chi connectivity index (χ1n) is 11.6. The minimum absolute atomic E-state index is 0.151. The van der Waals surface area contributed by atoms with E-state index in [1.54, 1.807) is 0 Å². The summed E-state index contributed by atoms with van der Waals surface area (Å²) in [5.74, 6) is -0.394. The Labute approximate surface area is 189 Å². The lowest BCUT2D eigenvalue weighted by atomic mass is 10.2. The van der Waals surface area contributed by atoms with Crippen LogP contribution in [0.2, 0.25) is 0 Å². The van der Waals surface area contributed by atoms with Crippen molar-refractivity contribution in [3.8, 4) is 0 Å². The number of carbonyl (C=O) groups is 2. The maximum atomic E-state index is 12.0. The Morgan fingerprint density at radius 1 is 0.742 bits per heavy atom. The van der Waals surface area contributed by atoms with Gasteiger partial charge in [0.15, 0.2) is 0 Å². The fourth-order valence-corrected chi connectivity index (χ4v) is 2.67. The largest absolute Gasteiger partial charge is 0.463 e. The topological polar surface area (TPSA) is 77.5 Å². The van der Waals surface area contributed by atoms with Crippen molar-refractivity contribution < 1.29 is 28.5 Å². The normalized spacial score (nSPS) is 14.5. The molecule has 31 heavy (non-hydrogen) atoms. The zero-order chi connectivity index (χ0) is 23.6. The third-order valence-corrected chi connectivity index (χ3v) is 4.62. The van der Waals surface area contributed by atoms with Gasteiger partial charge in [-0.2, -0.15) is 0 Å². The Morgan fingerprint density at radius 2 is 1.35 bits per heavy atom. The summed E-state index contributed by atoms with van der Waals surface area (Å²) in [6.45, 7) is 11.2. The van der Waals surface area contributed by atoms with Crippen LogP contribution in [0, 0.1) is 0 Å². The summed E-state index contributed by atoms with van der Waals surface area (Å²) in [5.41, 5.74) is 0. The summed E-state index contributed by atoms with van der Waals surface area (Å²) in [7, 11) is 6.13. The van der Waals surface area contributed by atoms with Crippen molar-refractivity contribution >= 4 is 11.9 Å². The number of nitrogens with zero attached hydrogens (tertiary/aromatic N) is 2. The molecule has 0 rings (SSSR count). The van der Waals surface area contributed by atoms with Gasteiger partial charge in [0, 0.05) is 13.0 Å². The Bertz CT molecular complexity index is 475. The van der Waals surface area contributed by atoms with Crippen LogP contribution in [0.1, 0.15) is 59.8 Å². The Kier molecular flexibility index (Phi) is 17.6. The van der Waals surface area contributed by atoms with E-state index in [0.717, 1.165) is 32.4 Å². The molecule has 184 valence electrons. The molecule has 0 aromatic carbocycles. The van der Waals surface area contributed by atoms with Crippen LogP contribution in [-0.2, 0) is 28.5 Å². The van der Waals surface area contributed by atoms with Crippen LogP contribution in [0.25, 0.3) is 0 Å². The highest BCUT2D eigenvalue weighted by molar-refractivity contribution is 5.69. The summed E-state index contributed by atoms with van der Waals surface area (Å²) in [6.07, 6.45) is 3.05. The molecular weight excluding hydrogens is 400 g/mol. The molecule has 0 aromatic rings. The molecule has 0 heterocycles. The van der Waals surface area contributed by atoms with E-state index in [2.05, 4.69) is 23.9 Å². The molecule has 3 atom stereocenters. The number of carbonyl (C=O) groups excluding carboxylic acids is 2. The number of unbranched alkanes of at least 4 members (excludes halogenated alkanes) is 1. The molecule has 0 saturated carbocycles. The first-order valence-corrected chi connectivity index (χ1v) is 11.6. The van der Waals surface area contributed by atoms with Gasteiger partial charge in [0.25, 0.3) is 0 Å². The minimum Gasteiger partial charge on any atom is -0.463 e.